The van der Waals surface area contributed by atoms with Gasteiger partial charge < -0.3 is 19.5 Å². The highest BCUT2D eigenvalue weighted by Gasteiger charge is 2.41. The van der Waals surface area contributed by atoms with Crippen molar-refractivity contribution in [1.29, 1.82) is 0 Å². The van der Waals surface area contributed by atoms with Crippen molar-refractivity contribution < 1.29 is 19.4 Å². The van der Waals surface area contributed by atoms with Crippen molar-refractivity contribution in [2.45, 2.75) is 19.1 Å². The van der Waals surface area contributed by atoms with Crippen LogP contribution in [0.2, 0.25) is 0 Å². The first-order valence-corrected chi connectivity index (χ1v) is 9.86. The standard InChI is InChI=1S/C21H20N2O5S/c1-21(23(2)19(25)15-5-3-4-6-16(15)28-21)12-27-14-9-7-13(8-10-14)11-17-18(24)22-20(26)29-17/h3-10,24H,11-12H2,1-2H3,(H,22,26). The highest BCUT2D eigenvalue weighted by molar-refractivity contribution is 7.09. The largest absolute Gasteiger partial charge is 0.494 e. The summed E-state index contributed by atoms with van der Waals surface area (Å²) < 4.78 is 12.0. The van der Waals surface area contributed by atoms with Crippen molar-refractivity contribution in [3.8, 4) is 17.4 Å². The van der Waals surface area contributed by atoms with Crippen LogP contribution in [-0.2, 0) is 6.42 Å². The highest BCUT2D eigenvalue weighted by Crippen LogP contribution is 2.33. The minimum atomic E-state index is -0.937. The molecule has 1 amide bonds. The summed E-state index contributed by atoms with van der Waals surface area (Å²) in [5.74, 6) is 0.974. The molecule has 4 rings (SSSR count). The molecule has 1 aromatic heterocycles. The van der Waals surface area contributed by atoms with Crippen LogP contribution in [0.15, 0.2) is 53.3 Å². The van der Waals surface area contributed by atoms with E-state index in [0.29, 0.717) is 28.4 Å². The van der Waals surface area contributed by atoms with E-state index in [2.05, 4.69) is 4.98 Å². The number of benzene rings is 2. The maximum atomic E-state index is 12.6. The number of ether oxygens (including phenoxy) is 2. The van der Waals surface area contributed by atoms with E-state index in [4.69, 9.17) is 9.47 Å². The molecule has 7 nitrogen and oxygen atoms in total. The number of aromatic amines is 1. The number of para-hydroxylation sites is 1. The molecule has 0 spiro atoms. The number of hydrogen-bond acceptors (Lipinski definition) is 6. The van der Waals surface area contributed by atoms with Crippen LogP contribution in [0.5, 0.6) is 17.4 Å². The summed E-state index contributed by atoms with van der Waals surface area (Å²) in [6, 6.07) is 14.5. The van der Waals surface area contributed by atoms with Gasteiger partial charge in [0.2, 0.25) is 11.6 Å². The smallest absolute Gasteiger partial charge is 0.307 e. The van der Waals surface area contributed by atoms with Gasteiger partial charge in [0.25, 0.3) is 5.91 Å². The van der Waals surface area contributed by atoms with Crippen molar-refractivity contribution in [3.05, 3.63) is 74.2 Å². The lowest BCUT2D eigenvalue weighted by atomic mass is 10.1. The van der Waals surface area contributed by atoms with E-state index < -0.39 is 5.72 Å². The summed E-state index contributed by atoms with van der Waals surface area (Å²) in [4.78, 5) is 28.1. The lowest BCUT2D eigenvalue weighted by Gasteiger charge is -2.42. The van der Waals surface area contributed by atoms with E-state index in [9.17, 15) is 14.7 Å². The number of hydrogen-bond donors (Lipinski definition) is 2. The van der Waals surface area contributed by atoms with Crippen LogP contribution in [0.25, 0.3) is 0 Å². The molecule has 2 N–H and O–H groups in total. The third-order valence-electron chi connectivity index (χ3n) is 4.96. The van der Waals surface area contributed by atoms with Crippen molar-refractivity contribution in [2.24, 2.45) is 0 Å². The maximum Gasteiger partial charge on any atom is 0.307 e. The molecule has 0 saturated carbocycles. The summed E-state index contributed by atoms with van der Waals surface area (Å²) in [6.07, 6.45) is 0.449. The summed E-state index contributed by atoms with van der Waals surface area (Å²) >= 11 is 0.990. The van der Waals surface area contributed by atoms with Gasteiger partial charge in [-0.3, -0.25) is 14.6 Å². The number of rotatable bonds is 5. The van der Waals surface area contributed by atoms with E-state index in [0.717, 1.165) is 16.9 Å². The van der Waals surface area contributed by atoms with Gasteiger partial charge in [-0.05, 0) is 36.8 Å². The van der Waals surface area contributed by atoms with Crippen molar-refractivity contribution >= 4 is 17.2 Å². The monoisotopic (exact) mass is 412 g/mol. The first kappa shape index (κ1) is 19.1. The average molecular weight is 412 g/mol. The van der Waals surface area contributed by atoms with Gasteiger partial charge in [-0.1, -0.05) is 35.6 Å². The minimum absolute atomic E-state index is 0.0873. The molecule has 1 atom stereocenters. The second-order valence-electron chi connectivity index (χ2n) is 7.03. The maximum absolute atomic E-state index is 12.6. The molecule has 1 unspecified atom stereocenters. The fraction of sp³-hybridized carbons (Fsp3) is 0.238. The first-order chi connectivity index (χ1) is 13.9. The zero-order valence-electron chi connectivity index (χ0n) is 16.0. The first-order valence-electron chi connectivity index (χ1n) is 9.04. The molecule has 0 aliphatic carbocycles. The van der Waals surface area contributed by atoms with Gasteiger partial charge >= 0.3 is 4.87 Å². The zero-order valence-corrected chi connectivity index (χ0v) is 16.8. The Morgan fingerprint density at radius 1 is 1.17 bits per heavy atom. The average Bonchev–Trinajstić information content (AvgIpc) is 3.02. The predicted octanol–water partition coefficient (Wildman–Crippen LogP) is 2.99. The highest BCUT2D eigenvalue weighted by atomic mass is 32.1. The lowest BCUT2D eigenvalue weighted by molar-refractivity contribution is -0.0768. The normalized spacial score (nSPS) is 18.3. The summed E-state index contributed by atoms with van der Waals surface area (Å²) in [6.45, 7) is 1.97. The summed E-state index contributed by atoms with van der Waals surface area (Å²) in [7, 11) is 1.69. The fourth-order valence-electron chi connectivity index (χ4n) is 3.14. The van der Waals surface area contributed by atoms with Gasteiger partial charge in [-0.15, -0.1) is 0 Å². The molecule has 2 heterocycles. The second kappa shape index (κ2) is 7.29. The molecule has 2 aromatic carbocycles. The Morgan fingerprint density at radius 2 is 1.90 bits per heavy atom. The molecule has 3 aromatic rings. The molecule has 1 aliphatic rings. The molecule has 29 heavy (non-hydrogen) atoms. The number of fused-ring (bicyclic) bond motifs is 1. The summed E-state index contributed by atoms with van der Waals surface area (Å²) in [5.41, 5.74) is 0.532. The number of aromatic nitrogens is 1. The number of nitrogens with zero attached hydrogens (tertiary/aromatic N) is 1. The number of H-pyrrole nitrogens is 1. The number of likely N-dealkylation sites (N-methyl/N-ethyl adjacent to an activating group) is 1. The van der Waals surface area contributed by atoms with Gasteiger partial charge in [-0.25, -0.2) is 0 Å². The van der Waals surface area contributed by atoms with E-state index >= 15 is 0 Å². The number of nitrogens with one attached hydrogen (secondary N) is 1. The van der Waals surface area contributed by atoms with Gasteiger partial charge in [0.15, 0.2) is 0 Å². The molecule has 0 radical (unpaired) electrons. The van der Waals surface area contributed by atoms with Crippen LogP contribution in [0.3, 0.4) is 0 Å². The van der Waals surface area contributed by atoms with Crippen molar-refractivity contribution in [1.82, 2.24) is 9.88 Å². The van der Waals surface area contributed by atoms with Crippen molar-refractivity contribution in [2.75, 3.05) is 13.7 Å². The van der Waals surface area contributed by atoms with Crippen molar-refractivity contribution in [3.63, 3.8) is 0 Å². The fourth-order valence-corrected chi connectivity index (χ4v) is 3.90. The van der Waals surface area contributed by atoms with E-state index in [1.54, 1.807) is 30.1 Å². The third kappa shape index (κ3) is 3.71. The molecule has 0 fully saturated rings. The van der Waals surface area contributed by atoms with Crippen LogP contribution in [0, 0.1) is 0 Å². The molecule has 0 bridgehead atoms. The Hall–Kier alpha value is -3.26. The second-order valence-corrected chi connectivity index (χ2v) is 8.10. The van der Waals surface area contributed by atoms with Gasteiger partial charge in [0.1, 0.15) is 18.1 Å². The predicted molar refractivity (Wildman–Crippen MR) is 109 cm³/mol. The Kier molecular flexibility index (Phi) is 4.79. The molecule has 0 saturated heterocycles. The van der Waals surface area contributed by atoms with Crippen LogP contribution in [0.1, 0.15) is 27.7 Å². The molecule has 8 heteroatoms. The Balaban J connectivity index is 1.44. The van der Waals surface area contributed by atoms with Gasteiger partial charge in [0.05, 0.1) is 10.4 Å². The van der Waals surface area contributed by atoms with Crippen LogP contribution >= 0.6 is 11.3 Å². The van der Waals surface area contributed by atoms with E-state index in [1.807, 2.05) is 37.3 Å². The van der Waals surface area contributed by atoms with Gasteiger partial charge in [-0.2, -0.15) is 0 Å². The number of amides is 1. The number of thiazole rings is 1. The van der Waals surface area contributed by atoms with Crippen LogP contribution in [-0.4, -0.2) is 40.3 Å². The van der Waals surface area contributed by atoms with E-state index in [1.165, 1.54) is 0 Å². The molecular formula is C21H20N2O5S. The van der Waals surface area contributed by atoms with Gasteiger partial charge in [0, 0.05) is 13.5 Å². The Morgan fingerprint density at radius 3 is 2.59 bits per heavy atom. The van der Waals surface area contributed by atoms with E-state index in [-0.39, 0.29) is 23.3 Å². The zero-order chi connectivity index (χ0) is 20.6. The number of aromatic hydroxyl groups is 1. The number of carbonyl (C=O) groups excluding carboxylic acids is 1. The molecule has 1 aliphatic heterocycles. The third-order valence-corrected chi connectivity index (χ3v) is 5.83. The quantitative estimate of drug-likeness (QED) is 0.672. The SMILES string of the molecule is CN1C(=O)c2ccccc2OC1(C)COc1ccc(Cc2sc(=O)[nH]c2O)cc1. The van der Waals surface area contributed by atoms with Crippen LogP contribution < -0.4 is 14.3 Å². The minimum Gasteiger partial charge on any atom is -0.494 e. The lowest BCUT2D eigenvalue weighted by Crippen LogP contribution is -2.58. The Bertz CT molecular complexity index is 1100. The summed E-state index contributed by atoms with van der Waals surface area (Å²) in [5, 5.41) is 9.70. The number of carbonyl (C=O) groups is 1. The Labute approximate surface area is 171 Å². The topological polar surface area (TPSA) is 91.9 Å². The molecular weight excluding hydrogens is 392 g/mol. The molecule has 150 valence electrons. The van der Waals surface area contributed by atoms with Crippen LogP contribution in [0.4, 0.5) is 0 Å².